The van der Waals surface area contributed by atoms with Gasteiger partial charge in [-0.1, -0.05) is 13.8 Å². The predicted molar refractivity (Wildman–Crippen MR) is 87.6 cm³/mol. The Hall–Kier alpha value is -1.20. The van der Waals surface area contributed by atoms with E-state index >= 15 is 0 Å². The Labute approximate surface area is 128 Å². The highest BCUT2D eigenvalue weighted by molar-refractivity contribution is 5.29. The zero-order chi connectivity index (χ0) is 15.1. The van der Waals surface area contributed by atoms with E-state index in [4.69, 9.17) is 0 Å². The van der Waals surface area contributed by atoms with E-state index in [2.05, 4.69) is 45.9 Å². The lowest BCUT2D eigenvalue weighted by molar-refractivity contribution is 0.150. The number of anilines is 1. The summed E-state index contributed by atoms with van der Waals surface area (Å²) in [6, 6.07) is 2.49. The van der Waals surface area contributed by atoms with Crippen LogP contribution in [0.4, 0.5) is 5.95 Å². The highest BCUT2D eigenvalue weighted by atomic mass is 15.3. The van der Waals surface area contributed by atoms with E-state index in [0.29, 0.717) is 12.0 Å². The quantitative estimate of drug-likeness (QED) is 0.774. The molecule has 0 bridgehead atoms. The first-order valence-corrected chi connectivity index (χ1v) is 8.19. The first-order valence-electron chi connectivity index (χ1n) is 8.19. The smallest absolute Gasteiger partial charge is 0.225 e. The molecule has 1 saturated heterocycles. The Morgan fingerprint density at radius 1 is 1.14 bits per heavy atom. The third-order valence-electron chi connectivity index (χ3n) is 4.44. The number of aromatic nitrogens is 2. The van der Waals surface area contributed by atoms with E-state index in [1.165, 1.54) is 6.42 Å². The van der Waals surface area contributed by atoms with Crippen LogP contribution in [0, 0.1) is 5.92 Å². The van der Waals surface area contributed by atoms with Gasteiger partial charge in [-0.25, -0.2) is 9.97 Å². The number of rotatable bonds is 7. The molecule has 0 radical (unpaired) electrons. The molecule has 2 heterocycles. The molecule has 1 aromatic rings. The highest BCUT2D eigenvalue weighted by Gasteiger charge is 2.25. The van der Waals surface area contributed by atoms with Crippen molar-refractivity contribution in [2.45, 2.75) is 33.2 Å². The van der Waals surface area contributed by atoms with Gasteiger partial charge in [0.2, 0.25) is 5.95 Å². The van der Waals surface area contributed by atoms with Crippen molar-refractivity contribution in [3.8, 4) is 0 Å². The fraction of sp³-hybridized carbons (Fsp3) is 0.750. The summed E-state index contributed by atoms with van der Waals surface area (Å²) < 4.78 is 0. The van der Waals surface area contributed by atoms with Crippen LogP contribution in [-0.4, -0.2) is 60.2 Å². The Kier molecular flexibility index (Phi) is 6.39. The maximum atomic E-state index is 4.34. The van der Waals surface area contributed by atoms with E-state index < -0.39 is 0 Å². The van der Waals surface area contributed by atoms with Gasteiger partial charge in [0.05, 0.1) is 0 Å². The van der Waals surface area contributed by atoms with Crippen molar-refractivity contribution in [3.63, 3.8) is 0 Å². The standard InChI is InChI=1S/C16H29N5/c1-4-6-17-13-14(2)15(3)20-9-11-21(12-10-20)16-18-7-5-8-19-16/h5,7-8,14-15,17H,4,6,9-13H2,1-3H3. The summed E-state index contributed by atoms with van der Waals surface area (Å²) in [6.45, 7) is 13.4. The number of piperazine rings is 1. The molecule has 0 aliphatic carbocycles. The van der Waals surface area contributed by atoms with E-state index in [1.807, 2.05) is 18.5 Å². The molecular weight excluding hydrogens is 262 g/mol. The van der Waals surface area contributed by atoms with Crippen molar-refractivity contribution in [2.75, 3.05) is 44.2 Å². The number of hydrogen-bond donors (Lipinski definition) is 1. The normalized spacial score (nSPS) is 19.5. The lowest BCUT2D eigenvalue weighted by atomic mass is 10.0. The van der Waals surface area contributed by atoms with Gasteiger partial charge in [0, 0.05) is 44.6 Å². The van der Waals surface area contributed by atoms with Gasteiger partial charge in [-0.15, -0.1) is 0 Å². The van der Waals surface area contributed by atoms with Crippen molar-refractivity contribution in [1.82, 2.24) is 20.2 Å². The minimum atomic E-state index is 0.619. The van der Waals surface area contributed by atoms with Gasteiger partial charge in [0.25, 0.3) is 0 Å². The largest absolute Gasteiger partial charge is 0.338 e. The van der Waals surface area contributed by atoms with Gasteiger partial charge in [0.15, 0.2) is 0 Å². The molecule has 2 rings (SSSR count). The van der Waals surface area contributed by atoms with Crippen LogP contribution in [0.1, 0.15) is 27.2 Å². The second-order valence-corrected chi connectivity index (χ2v) is 5.99. The van der Waals surface area contributed by atoms with Crippen LogP contribution in [0.2, 0.25) is 0 Å². The molecule has 1 aromatic heterocycles. The SMILES string of the molecule is CCCNCC(C)C(C)N1CCN(c2ncccn2)CC1. The molecule has 5 heteroatoms. The summed E-state index contributed by atoms with van der Waals surface area (Å²) in [6.07, 6.45) is 4.84. The van der Waals surface area contributed by atoms with Crippen molar-refractivity contribution < 1.29 is 0 Å². The van der Waals surface area contributed by atoms with Crippen LogP contribution in [-0.2, 0) is 0 Å². The first-order chi connectivity index (χ1) is 10.2. The van der Waals surface area contributed by atoms with Gasteiger partial charge >= 0.3 is 0 Å². The molecule has 0 amide bonds. The fourth-order valence-corrected chi connectivity index (χ4v) is 2.82. The molecule has 21 heavy (non-hydrogen) atoms. The molecule has 1 fully saturated rings. The van der Waals surface area contributed by atoms with Crippen LogP contribution in [0.15, 0.2) is 18.5 Å². The monoisotopic (exact) mass is 291 g/mol. The fourth-order valence-electron chi connectivity index (χ4n) is 2.82. The zero-order valence-corrected chi connectivity index (χ0v) is 13.6. The molecule has 118 valence electrons. The molecule has 0 spiro atoms. The Morgan fingerprint density at radius 3 is 2.43 bits per heavy atom. The highest BCUT2D eigenvalue weighted by Crippen LogP contribution is 2.15. The van der Waals surface area contributed by atoms with Gasteiger partial charge in [-0.3, -0.25) is 4.90 Å². The number of nitrogens with zero attached hydrogens (tertiary/aromatic N) is 4. The van der Waals surface area contributed by atoms with Crippen molar-refractivity contribution >= 4 is 5.95 Å². The van der Waals surface area contributed by atoms with E-state index in [1.54, 1.807) is 0 Å². The predicted octanol–water partition coefficient (Wildman–Crippen LogP) is 1.62. The van der Waals surface area contributed by atoms with E-state index in [0.717, 1.165) is 45.2 Å². The summed E-state index contributed by atoms with van der Waals surface area (Å²) in [7, 11) is 0. The summed E-state index contributed by atoms with van der Waals surface area (Å²) in [5, 5.41) is 3.53. The molecule has 1 aliphatic heterocycles. The van der Waals surface area contributed by atoms with Crippen LogP contribution in [0.25, 0.3) is 0 Å². The Balaban J connectivity index is 1.77. The lowest BCUT2D eigenvalue weighted by Gasteiger charge is -2.40. The molecule has 1 N–H and O–H groups in total. The number of nitrogens with one attached hydrogen (secondary N) is 1. The molecule has 0 aromatic carbocycles. The minimum Gasteiger partial charge on any atom is -0.338 e. The summed E-state index contributed by atoms with van der Waals surface area (Å²) in [5.74, 6) is 1.54. The minimum absolute atomic E-state index is 0.619. The van der Waals surface area contributed by atoms with Crippen molar-refractivity contribution in [1.29, 1.82) is 0 Å². The third kappa shape index (κ3) is 4.64. The number of hydrogen-bond acceptors (Lipinski definition) is 5. The van der Waals surface area contributed by atoms with Crippen LogP contribution >= 0.6 is 0 Å². The lowest BCUT2D eigenvalue weighted by Crippen LogP contribution is -2.52. The average Bonchev–Trinajstić information content (AvgIpc) is 2.55. The molecule has 0 saturated carbocycles. The Morgan fingerprint density at radius 2 is 1.81 bits per heavy atom. The second kappa shape index (κ2) is 8.29. The molecule has 2 unspecified atom stereocenters. The third-order valence-corrected chi connectivity index (χ3v) is 4.44. The summed E-state index contributed by atoms with van der Waals surface area (Å²) in [4.78, 5) is 13.6. The zero-order valence-electron chi connectivity index (χ0n) is 13.6. The molecule has 5 nitrogen and oxygen atoms in total. The van der Waals surface area contributed by atoms with Gasteiger partial charge in [0.1, 0.15) is 0 Å². The van der Waals surface area contributed by atoms with Gasteiger partial charge < -0.3 is 10.2 Å². The molecule has 2 atom stereocenters. The van der Waals surface area contributed by atoms with Crippen LogP contribution in [0.3, 0.4) is 0 Å². The average molecular weight is 291 g/mol. The van der Waals surface area contributed by atoms with Gasteiger partial charge in [-0.05, 0) is 38.4 Å². The summed E-state index contributed by atoms with van der Waals surface area (Å²) in [5.41, 5.74) is 0. The van der Waals surface area contributed by atoms with Crippen LogP contribution in [0.5, 0.6) is 0 Å². The summed E-state index contributed by atoms with van der Waals surface area (Å²) >= 11 is 0. The molecular formula is C16H29N5. The second-order valence-electron chi connectivity index (χ2n) is 5.99. The molecule has 1 aliphatic rings. The van der Waals surface area contributed by atoms with Crippen molar-refractivity contribution in [2.24, 2.45) is 5.92 Å². The maximum Gasteiger partial charge on any atom is 0.225 e. The topological polar surface area (TPSA) is 44.3 Å². The van der Waals surface area contributed by atoms with Crippen LogP contribution < -0.4 is 10.2 Å². The van der Waals surface area contributed by atoms with E-state index in [9.17, 15) is 0 Å². The maximum absolute atomic E-state index is 4.34. The first kappa shape index (κ1) is 16.2. The van der Waals surface area contributed by atoms with Gasteiger partial charge in [-0.2, -0.15) is 0 Å². The van der Waals surface area contributed by atoms with E-state index in [-0.39, 0.29) is 0 Å². The van der Waals surface area contributed by atoms with Crippen molar-refractivity contribution in [3.05, 3.63) is 18.5 Å². The Bertz CT molecular complexity index is 389.